The lowest BCUT2D eigenvalue weighted by Gasteiger charge is -2.18. The zero-order valence-corrected chi connectivity index (χ0v) is 10.7. The molecule has 1 atom stereocenters. The Morgan fingerprint density at radius 3 is 2.30 bits per heavy atom. The molecular formula is C14H9ClF4O. The van der Waals surface area contributed by atoms with Gasteiger partial charge in [0.25, 0.3) is 0 Å². The van der Waals surface area contributed by atoms with Gasteiger partial charge < -0.3 is 5.11 Å². The highest BCUT2D eigenvalue weighted by atomic mass is 35.5. The summed E-state index contributed by atoms with van der Waals surface area (Å²) in [5.41, 5.74) is -1.28. The van der Waals surface area contributed by atoms with Crippen molar-refractivity contribution in [3.8, 4) is 0 Å². The lowest BCUT2D eigenvalue weighted by atomic mass is 9.96. The number of aliphatic hydroxyl groups excluding tert-OH is 1. The van der Waals surface area contributed by atoms with Crippen LogP contribution in [0.25, 0.3) is 0 Å². The average Bonchev–Trinajstić information content (AvgIpc) is 2.40. The maximum absolute atomic E-state index is 13.3. The standard InChI is InChI=1S/C14H9ClF4O/c15-11-6-5-8(7-12(11)16)13(20)9-3-1-2-4-10(9)14(17,18)19/h1-7,13,20H. The Hall–Kier alpha value is -1.59. The fourth-order valence-electron chi connectivity index (χ4n) is 1.86. The van der Waals surface area contributed by atoms with Crippen molar-refractivity contribution in [3.63, 3.8) is 0 Å². The van der Waals surface area contributed by atoms with E-state index in [0.717, 1.165) is 18.2 Å². The van der Waals surface area contributed by atoms with Crippen LogP contribution in [-0.4, -0.2) is 5.11 Å². The molecule has 0 bridgehead atoms. The van der Waals surface area contributed by atoms with E-state index in [2.05, 4.69) is 0 Å². The first kappa shape index (κ1) is 14.8. The van der Waals surface area contributed by atoms with Crippen molar-refractivity contribution < 1.29 is 22.7 Å². The molecule has 0 heterocycles. The van der Waals surface area contributed by atoms with Gasteiger partial charge in [-0.15, -0.1) is 0 Å². The zero-order valence-electron chi connectivity index (χ0n) is 9.96. The van der Waals surface area contributed by atoms with Crippen LogP contribution in [0, 0.1) is 5.82 Å². The van der Waals surface area contributed by atoms with E-state index >= 15 is 0 Å². The summed E-state index contributed by atoms with van der Waals surface area (Å²) in [4.78, 5) is 0. The van der Waals surface area contributed by atoms with Gasteiger partial charge >= 0.3 is 6.18 Å². The number of aliphatic hydroxyl groups is 1. The summed E-state index contributed by atoms with van der Waals surface area (Å²) in [7, 11) is 0. The van der Waals surface area contributed by atoms with Crippen LogP contribution in [0.2, 0.25) is 5.02 Å². The minimum Gasteiger partial charge on any atom is -0.384 e. The van der Waals surface area contributed by atoms with Crippen LogP contribution in [0.5, 0.6) is 0 Å². The number of hydrogen-bond acceptors (Lipinski definition) is 1. The molecule has 0 saturated heterocycles. The van der Waals surface area contributed by atoms with Gasteiger partial charge in [-0.05, 0) is 29.3 Å². The molecule has 2 rings (SSSR count). The van der Waals surface area contributed by atoms with Gasteiger partial charge in [0.2, 0.25) is 0 Å². The van der Waals surface area contributed by atoms with Gasteiger partial charge in [-0.25, -0.2) is 4.39 Å². The van der Waals surface area contributed by atoms with Crippen LogP contribution >= 0.6 is 11.6 Å². The Morgan fingerprint density at radius 1 is 1.05 bits per heavy atom. The quantitative estimate of drug-likeness (QED) is 0.805. The van der Waals surface area contributed by atoms with Crippen LogP contribution in [-0.2, 0) is 6.18 Å². The topological polar surface area (TPSA) is 20.2 Å². The summed E-state index contributed by atoms with van der Waals surface area (Å²) >= 11 is 5.50. The molecule has 106 valence electrons. The van der Waals surface area contributed by atoms with Crippen molar-refractivity contribution in [1.82, 2.24) is 0 Å². The second-order valence-electron chi connectivity index (χ2n) is 4.16. The molecular weight excluding hydrogens is 296 g/mol. The van der Waals surface area contributed by atoms with Crippen LogP contribution in [0.15, 0.2) is 42.5 Å². The van der Waals surface area contributed by atoms with E-state index in [4.69, 9.17) is 11.6 Å². The van der Waals surface area contributed by atoms with Gasteiger partial charge in [0.05, 0.1) is 10.6 Å². The SMILES string of the molecule is OC(c1ccc(Cl)c(F)c1)c1ccccc1C(F)(F)F. The van der Waals surface area contributed by atoms with Crippen molar-refractivity contribution in [3.05, 3.63) is 70.0 Å². The molecule has 0 spiro atoms. The van der Waals surface area contributed by atoms with Crippen LogP contribution in [0.3, 0.4) is 0 Å². The molecule has 0 aromatic heterocycles. The molecule has 2 aromatic rings. The van der Waals surface area contributed by atoms with E-state index in [1.807, 2.05) is 0 Å². The molecule has 1 N–H and O–H groups in total. The third kappa shape index (κ3) is 2.94. The average molecular weight is 305 g/mol. The predicted molar refractivity (Wildman–Crippen MR) is 66.9 cm³/mol. The van der Waals surface area contributed by atoms with Gasteiger partial charge in [0, 0.05) is 0 Å². The number of halogens is 5. The number of benzene rings is 2. The largest absolute Gasteiger partial charge is 0.416 e. The van der Waals surface area contributed by atoms with Gasteiger partial charge in [0.15, 0.2) is 0 Å². The van der Waals surface area contributed by atoms with Gasteiger partial charge in [-0.3, -0.25) is 0 Å². The molecule has 0 aliphatic heterocycles. The third-order valence-electron chi connectivity index (χ3n) is 2.82. The highest BCUT2D eigenvalue weighted by Gasteiger charge is 2.34. The molecule has 1 nitrogen and oxygen atoms in total. The first-order valence-electron chi connectivity index (χ1n) is 5.60. The Labute approximate surface area is 117 Å². The maximum Gasteiger partial charge on any atom is 0.416 e. The van der Waals surface area contributed by atoms with Crippen LogP contribution in [0.4, 0.5) is 17.6 Å². The van der Waals surface area contributed by atoms with Crippen molar-refractivity contribution in [1.29, 1.82) is 0 Å². The van der Waals surface area contributed by atoms with Crippen LogP contribution in [0.1, 0.15) is 22.8 Å². The fraction of sp³-hybridized carbons (Fsp3) is 0.143. The summed E-state index contributed by atoms with van der Waals surface area (Å²) in [6.45, 7) is 0. The number of alkyl halides is 3. The van der Waals surface area contributed by atoms with E-state index in [1.54, 1.807) is 0 Å². The van der Waals surface area contributed by atoms with Crippen molar-refractivity contribution in [2.24, 2.45) is 0 Å². The van der Waals surface area contributed by atoms with Crippen molar-refractivity contribution in [2.75, 3.05) is 0 Å². The molecule has 0 aliphatic carbocycles. The van der Waals surface area contributed by atoms with Crippen molar-refractivity contribution in [2.45, 2.75) is 12.3 Å². The molecule has 6 heteroatoms. The van der Waals surface area contributed by atoms with E-state index in [-0.39, 0.29) is 16.1 Å². The lowest BCUT2D eigenvalue weighted by molar-refractivity contribution is -0.139. The minimum atomic E-state index is -4.59. The zero-order chi connectivity index (χ0) is 14.9. The first-order valence-corrected chi connectivity index (χ1v) is 5.97. The molecule has 20 heavy (non-hydrogen) atoms. The monoisotopic (exact) mass is 304 g/mol. The Kier molecular flexibility index (Phi) is 4.01. The maximum atomic E-state index is 13.3. The second-order valence-corrected chi connectivity index (χ2v) is 4.57. The molecule has 0 radical (unpaired) electrons. The van der Waals surface area contributed by atoms with Crippen molar-refractivity contribution >= 4 is 11.6 Å². The third-order valence-corrected chi connectivity index (χ3v) is 3.13. The summed E-state index contributed by atoms with van der Waals surface area (Å²) in [5, 5.41) is 9.88. The van der Waals surface area contributed by atoms with E-state index in [1.165, 1.54) is 24.3 Å². The number of rotatable bonds is 2. The van der Waals surface area contributed by atoms with Gasteiger partial charge in [-0.1, -0.05) is 35.9 Å². The minimum absolute atomic E-state index is 0.00333. The van der Waals surface area contributed by atoms with E-state index < -0.39 is 23.7 Å². The van der Waals surface area contributed by atoms with Gasteiger partial charge in [0.1, 0.15) is 11.9 Å². The van der Waals surface area contributed by atoms with Gasteiger partial charge in [-0.2, -0.15) is 13.2 Å². The summed E-state index contributed by atoms with van der Waals surface area (Å²) in [5.74, 6) is -0.798. The Balaban J connectivity index is 2.48. The first-order chi connectivity index (χ1) is 9.30. The highest BCUT2D eigenvalue weighted by molar-refractivity contribution is 6.30. The Bertz CT molecular complexity index is 625. The summed E-state index contributed by atoms with van der Waals surface area (Å²) in [6, 6.07) is 8.00. The van der Waals surface area contributed by atoms with Crippen LogP contribution < -0.4 is 0 Å². The highest BCUT2D eigenvalue weighted by Crippen LogP contribution is 2.36. The molecule has 0 amide bonds. The fourth-order valence-corrected chi connectivity index (χ4v) is 1.97. The molecule has 2 aromatic carbocycles. The molecule has 1 unspecified atom stereocenters. The van der Waals surface area contributed by atoms with E-state index in [9.17, 15) is 22.7 Å². The molecule has 0 saturated carbocycles. The Morgan fingerprint density at radius 2 is 1.70 bits per heavy atom. The lowest BCUT2D eigenvalue weighted by Crippen LogP contribution is -2.12. The smallest absolute Gasteiger partial charge is 0.384 e. The molecule has 0 aliphatic rings. The molecule has 0 fully saturated rings. The van der Waals surface area contributed by atoms with E-state index in [0.29, 0.717) is 0 Å². The number of hydrogen-bond donors (Lipinski definition) is 1. The summed E-state index contributed by atoms with van der Waals surface area (Å²) < 4.78 is 51.9. The second kappa shape index (κ2) is 5.42. The normalized spacial score (nSPS) is 13.3. The summed E-state index contributed by atoms with van der Waals surface area (Å²) in [6.07, 6.45) is -6.18. The predicted octanol–water partition coefficient (Wildman–Crippen LogP) is 4.58.